The van der Waals surface area contributed by atoms with E-state index in [0.29, 0.717) is 0 Å². The van der Waals surface area contributed by atoms with Crippen LogP contribution in [-0.4, -0.2) is 49.1 Å². The lowest BCUT2D eigenvalue weighted by atomic mass is 10.0. The Morgan fingerprint density at radius 3 is 1.83 bits per heavy atom. The monoisotopic (exact) mass is 522 g/mol. The minimum atomic E-state index is -4.39. The van der Waals surface area contributed by atoms with Crippen molar-refractivity contribution in [3.8, 4) is 11.5 Å². The molecule has 4 atom stereocenters. The zero-order valence-electron chi connectivity index (χ0n) is 19.9. The molecule has 3 rings (SSSR count). The van der Waals surface area contributed by atoms with Crippen molar-refractivity contribution in [2.45, 2.75) is 51.8 Å². The average Bonchev–Trinajstić information content (AvgIpc) is 2.80. The molecule has 11 nitrogen and oxygen atoms in total. The topological polar surface area (TPSA) is 133 Å². The quantitative estimate of drug-likeness (QED) is 0.256. The molecule has 0 spiro atoms. The van der Waals surface area contributed by atoms with Gasteiger partial charge in [-0.25, -0.2) is 9.09 Å². The summed E-state index contributed by atoms with van der Waals surface area (Å²) in [6, 6.07) is 16.5. The van der Waals surface area contributed by atoms with Crippen molar-refractivity contribution < 1.29 is 51.5 Å². The van der Waals surface area contributed by atoms with E-state index in [9.17, 15) is 18.9 Å². The lowest BCUT2D eigenvalue weighted by Crippen LogP contribution is -2.54. The largest absolute Gasteiger partial charge is 0.589 e. The van der Waals surface area contributed by atoms with E-state index in [1.165, 1.54) is 20.8 Å². The van der Waals surface area contributed by atoms with Crippen molar-refractivity contribution in [2.24, 2.45) is 0 Å². The SMILES string of the molecule is CC(=O)OC[C@H]1O[C@H](OP(=O)(Oc2ccccc2)Oc2ccccc2)C[C@@H](OC(C)=O)[C@@H]1OC(C)=O. The van der Waals surface area contributed by atoms with Crippen LogP contribution in [0.25, 0.3) is 0 Å². The van der Waals surface area contributed by atoms with Crippen molar-refractivity contribution in [3.63, 3.8) is 0 Å². The molecule has 0 unspecified atom stereocenters. The second kappa shape index (κ2) is 12.5. The molecule has 1 fully saturated rings. The van der Waals surface area contributed by atoms with Gasteiger partial charge in [-0.2, -0.15) is 0 Å². The van der Waals surface area contributed by atoms with Crippen molar-refractivity contribution in [1.82, 2.24) is 0 Å². The maximum absolute atomic E-state index is 13.8. The minimum absolute atomic E-state index is 0.186. The number of hydrogen-bond donors (Lipinski definition) is 0. The first-order valence-corrected chi connectivity index (χ1v) is 12.5. The van der Waals surface area contributed by atoms with Gasteiger partial charge in [-0.05, 0) is 24.3 Å². The van der Waals surface area contributed by atoms with E-state index in [2.05, 4.69) is 0 Å². The molecule has 2 aromatic rings. The number of para-hydroxylation sites is 2. The third-order valence-electron chi connectivity index (χ3n) is 4.72. The first-order valence-electron chi connectivity index (χ1n) is 11.0. The Kier molecular flexibility index (Phi) is 9.46. The molecule has 1 saturated heterocycles. The van der Waals surface area contributed by atoms with Crippen LogP contribution in [0.2, 0.25) is 0 Å². The van der Waals surface area contributed by atoms with Gasteiger partial charge in [0.05, 0.1) is 0 Å². The molecule has 0 saturated carbocycles. The second-order valence-corrected chi connectivity index (χ2v) is 9.20. The number of rotatable bonds is 10. The minimum Gasteiger partial charge on any atom is -0.463 e. The summed E-state index contributed by atoms with van der Waals surface area (Å²) < 4.78 is 52.2. The first-order chi connectivity index (χ1) is 17.1. The van der Waals surface area contributed by atoms with Gasteiger partial charge in [0.2, 0.25) is 0 Å². The molecule has 0 bridgehead atoms. The summed E-state index contributed by atoms with van der Waals surface area (Å²) in [4.78, 5) is 34.9. The van der Waals surface area contributed by atoms with Crippen LogP contribution in [0.4, 0.5) is 0 Å². The Labute approximate surface area is 208 Å². The molecular weight excluding hydrogens is 495 g/mol. The summed E-state index contributed by atoms with van der Waals surface area (Å²) >= 11 is 0. The van der Waals surface area contributed by atoms with Gasteiger partial charge in [0.15, 0.2) is 12.4 Å². The van der Waals surface area contributed by atoms with Crippen LogP contribution in [0.3, 0.4) is 0 Å². The fourth-order valence-electron chi connectivity index (χ4n) is 3.39. The molecule has 0 aromatic heterocycles. The van der Waals surface area contributed by atoms with Gasteiger partial charge in [-0.15, -0.1) is 0 Å². The molecule has 1 heterocycles. The van der Waals surface area contributed by atoms with Gasteiger partial charge >= 0.3 is 25.7 Å². The van der Waals surface area contributed by atoms with Crippen LogP contribution in [0, 0.1) is 0 Å². The van der Waals surface area contributed by atoms with Crippen LogP contribution >= 0.6 is 7.82 Å². The number of phosphoric acid groups is 1. The molecule has 36 heavy (non-hydrogen) atoms. The molecule has 2 aromatic carbocycles. The predicted molar refractivity (Wildman–Crippen MR) is 124 cm³/mol. The first kappa shape index (κ1) is 27.2. The Morgan fingerprint density at radius 2 is 1.36 bits per heavy atom. The maximum atomic E-state index is 13.8. The van der Waals surface area contributed by atoms with Gasteiger partial charge < -0.3 is 28.0 Å². The van der Waals surface area contributed by atoms with Crippen molar-refractivity contribution in [2.75, 3.05) is 6.61 Å². The summed E-state index contributed by atoms with van der Waals surface area (Å²) in [5, 5.41) is 0. The summed E-state index contributed by atoms with van der Waals surface area (Å²) in [6.45, 7) is 3.19. The zero-order valence-corrected chi connectivity index (χ0v) is 20.8. The standard InChI is InChI=1S/C24H27O11P/c1-16(25)29-15-22-24(31-18(3)27)21(30-17(2)26)14-23(32-22)35-36(28,33-19-10-6-4-7-11-19)34-20-12-8-5-9-13-20/h4-13,21-24H,14-15H2,1-3H3/t21-,22-,23-,24+/m1/s1. The molecule has 12 heteroatoms. The van der Waals surface area contributed by atoms with E-state index in [1.807, 2.05) is 0 Å². The van der Waals surface area contributed by atoms with Crippen molar-refractivity contribution in [1.29, 1.82) is 0 Å². The van der Waals surface area contributed by atoms with Crippen LogP contribution in [0.1, 0.15) is 27.2 Å². The van der Waals surface area contributed by atoms with Crippen LogP contribution in [-0.2, 0) is 42.4 Å². The number of hydrogen-bond acceptors (Lipinski definition) is 11. The third kappa shape index (κ3) is 8.37. The van der Waals surface area contributed by atoms with Gasteiger partial charge in [-0.1, -0.05) is 36.4 Å². The highest BCUT2D eigenvalue weighted by atomic mass is 31.2. The van der Waals surface area contributed by atoms with Gasteiger partial charge in [0.25, 0.3) is 0 Å². The van der Waals surface area contributed by atoms with Crippen LogP contribution in [0.5, 0.6) is 11.5 Å². The predicted octanol–water partition coefficient (Wildman–Crippen LogP) is 3.81. The molecule has 1 aliphatic rings. The number of phosphoric ester groups is 1. The van der Waals surface area contributed by atoms with Crippen LogP contribution in [0.15, 0.2) is 60.7 Å². The summed E-state index contributed by atoms with van der Waals surface area (Å²) in [5.41, 5.74) is 0. The highest BCUT2D eigenvalue weighted by Gasteiger charge is 2.47. The van der Waals surface area contributed by atoms with Gasteiger partial charge in [0, 0.05) is 27.2 Å². The molecule has 0 amide bonds. The van der Waals surface area contributed by atoms with Gasteiger partial charge in [0.1, 0.15) is 30.3 Å². The fraction of sp³-hybridized carbons (Fsp3) is 0.375. The summed E-state index contributed by atoms with van der Waals surface area (Å²) in [5.74, 6) is -1.53. The lowest BCUT2D eigenvalue weighted by Gasteiger charge is -2.40. The smallest absolute Gasteiger partial charge is 0.463 e. The zero-order chi connectivity index (χ0) is 26.1. The Bertz CT molecular complexity index is 1030. The van der Waals surface area contributed by atoms with E-state index < -0.39 is 50.3 Å². The second-order valence-electron chi connectivity index (χ2n) is 7.73. The van der Waals surface area contributed by atoms with Crippen molar-refractivity contribution >= 4 is 25.7 Å². The Hall–Kier alpha value is -3.40. The fourth-order valence-corrected chi connectivity index (χ4v) is 4.70. The Balaban J connectivity index is 1.88. The molecule has 1 aliphatic heterocycles. The molecule has 0 aliphatic carbocycles. The third-order valence-corrected chi connectivity index (χ3v) is 6.08. The molecular formula is C24H27O11P. The number of ether oxygens (including phenoxy) is 4. The van der Waals surface area contributed by atoms with Crippen LogP contribution < -0.4 is 9.05 Å². The molecule has 0 radical (unpaired) electrons. The van der Waals surface area contributed by atoms with Gasteiger partial charge in [-0.3, -0.25) is 14.4 Å². The normalized spacial score (nSPS) is 21.6. The maximum Gasteiger partial charge on any atom is 0.589 e. The highest BCUT2D eigenvalue weighted by molar-refractivity contribution is 7.49. The van der Waals surface area contributed by atoms with E-state index in [4.69, 9.17) is 32.5 Å². The number of benzene rings is 2. The Morgan fingerprint density at radius 1 is 0.833 bits per heavy atom. The average molecular weight is 522 g/mol. The summed E-state index contributed by atoms with van der Waals surface area (Å²) in [7, 11) is -4.39. The molecule has 0 N–H and O–H groups in total. The molecule has 194 valence electrons. The summed E-state index contributed by atoms with van der Waals surface area (Å²) in [6.07, 6.45) is -4.79. The van der Waals surface area contributed by atoms with Crippen molar-refractivity contribution in [3.05, 3.63) is 60.7 Å². The lowest BCUT2D eigenvalue weighted by molar-refractivity contribution is -0.248. The van der Waals surface area contributed by atoms with E-state index in [0.717, 1.165) is 0 Å². The van der Waals surface area contributed by atoms with E-state index in [-0.39, 0.29) is 24.5 Å². The highest BCUT2D eigenvalue weighted by Crippen LogP contribution is 2.52. The van der Waals surface area contributed by atoms with E-state index >= 15 is 0 Å². The van der Waals surface area contributed by atoms with E-state index in [1.54, 1.807) is 60.7 Å². The number of carbonyl (C=O) groups is 3. The number of esters is 3. The number of carbonyl (C=O) groups excluding carboxylic acids is 3.